The number of halogens is 1. The minimum absolute atomic E-state index is 0.0164. The number of oxazole rings is 1. The van der Waals surface area contributed by atoms with Gasteiger partial charge in [0.2, 0.25) is 15.9 Å². The molecule has 20 heavy (non-hydrogen) atoms. The second-order valence-corrected chi connectivity index (χ2v) is 8.14. The normalized spacial score (nSPS) is 11.9. The minimum Gasteiger partial charge on any atom is -0.444 e. The van der Waals surface area contributed by atoms with Crippen LogP contribution in [0.1, 0.15) is 23.5 Å². The van der Waals surface area contributed by atoms with E-state index in [1.165, 1.54) is 11.3 Å². The first-order chi connectivity index (χ1) is 9.46. The second kappa shape index (κ2) is 6.35. The summed E-state index contributed by atoms with van der Waals surface area (Å²) in [6.07, 6.45) is 2.31. The molecule has 0 fully saturated rings. The van der Waals surface area contributed by atoms with Gasteiger partial charge in [-0.1, -0.05) is 6.92 Å². The molecule has 3 N–H and O–H groups in total. The van der Waals surface area contributed by atoms with Crippen molar-refractivity contribution in [1.29, 1.82) is 0 Å². The Kier molecular flexibility index (Phi) is 4.97. The topological polar surface area (TPSA) is 98.2 Å². The summed E-state index contributed by atoms with van der Waals surface area (Å²) in [5.74, 6) is 1.07. The van der Waals surface area contributed by atoms with Crippen LogP contribution in [0.5, 0.6) is 0 Å². The van der Waals surface area contributed by atoms with Crippen molar-refractivity contribution in [3.05, 3.63) is 32.6 Å². The highest BCUT2D eigenvalue weighted by Crippen LogP contribution is 2.31. The van der Waals surface area contributed by atoms with Crippen molar-refractivity contribution < 1.29 is 12.8 Å². The van der Waals surface area contributed by atoms with E-state index in [-0.39, 0.29) is 11.4 Å². The molecular weight excluding hydrogens is 366 g/mol. The maximum Gasteiger partial charge on any atom is 0.243 e. The Labute approximate surface area is 129 Å². The fourth-order valence-electron chi connectivity index (χ4n) is 1.51. The van der Waals surface area contributed by atoms with Gasteiger partial charge in [0.15, 0.2) is 0 Å². The van der Waals surface area contributed by atoms with Crippen LogP contribution in [0.25, 0.3) is 0 Å². The van der Waals surface area contributed by atoms with Crippen LogP contribution in [0, 0.1) is 0 Å². The number of nitrogens with two attached hydrogens (primary N) is 1. The number of aryl methyl sites for hydroxylation is 1. The van der Waals surface area contributed by atoms with E-state index < -0.39 is 10.0 Å². The first kappa shape index (κ1) is 15.6. The Morgan fingerprint density at radius 2 is 2.30 bits per heavy atom. The zero-order valence-corrected chi connectivity index (χ0v) is 13.9. The third-order valence-electron chi connectivity index (χ3n) is 2.56. The van der Waals surface area contributed by atoms with Crippen LogP contribution in [0.2, 0.25) is 0 Å². The number of aromatic nitrogens is 1. The van der Waals surface area contributed by atoms with E-state index in [9.17, 15) is 8.42 Å². The maximum absolute atomic E-state index is 12.2. The molecule has 2 aromatic heterocycles. The monoisotopic (exact) mass is 379 g/mol. The van der Waals surface area contributed by atoms with Crippen LogP contribution in [-0.2, 0) is 29.5 Å². The fourth-order valence-corrected chi connectivity index (χ4v) is 5.04. The van der Waals surface area contributed by atoms with Crippen molar-refractivity contribution in [1.82, 2.24) is 9.71 Å². The summed E-state index contributed by atoms with van der Waals surface area (Å²) in [6.45, 7) is 2.26. The van der Waals surface area contributed by atoms with Crippen molar-refractivity contribution in [2.24, 2.45) is 5.73 Å². The lowest BCUT2D eigenvalue weighted by atomic mass is 10.4. The van der Waals surface area contributed by atoms with E-state index >= 15 is 0 Å². The lowest BCUT2D eigenvalue weighted by Gasteiger charge is -2.03. The molecule has 0 aliphatic carbocycles. The molecule has 0 aliphatic heterocycles. The third kappa shape index (κ3) is 3.47. The van der Waals surface area contributed by atoms with Crippen LogP contribution >= 0.6 is 27.3 Å². The van der Waals surface area contributed by atoms with Crippen molar-refractivity contribution in [2.75, 3.05) is 0 Å². The molecule has 0 spiro atoms. The largest absolute Gasteiger partial charge is 0.444 e. The van der Waals surface area contributed by atoms with Gasteiger partial charge in [0, 0.05) is 17.8 Å². The number of thiophene rings is 1. The van der Waals surface area contributed by atoms with Crippen molar-refractivity contribution in [2.45, 2.75) is 31.3 Å². The summed E-state index contributed by atoms with van der Waals surface area (Å²) < 4.78 is 32.7. The van der Waals surface area contributed by atoms with Gasteiger partial charge in [-0.25, -0.2) is 18.1 Å². The van der Waals surface area contributed by atoms with Gasteiger partial charge < -0.3 is 10.2 Å². The number of sulfonamides is 1. The summed E-state index contributed by atoms with van der Waals surface area (Å²) in [4.78, 5) is 4.98. The van der Waals surface area contributed by atoms with E-state index in [0.29, 0.717) is 16.2 Å². The van der Waals surface area contributed by atoms with Gasteiger partial charge in [0.05, 0.1) is 16.5 Å². The van der Waals surface area contributed by atoms with Crippen LogP contribution in [0.15, 0.2) is 25.4 Å². The molecule has 2 aromatic rings. The highest BCUT2D eigenvalue weighted by atomic mass is 79.9. The molecule has 110 valence electrons. The van der Waals surface area contributed by atoms with Gasteiger partial charge >= 0.3 is 0 Å². The molecule has 0 amide bonds. The first-order valence-corrected chi connectivity index (χ1v) is 8.97. The van der Waals surface area contributed by atoms with E-state index in [2.05, 4.69) is 25.6 Å². The summed E-state index contributed by atoms with van der Waals surface area (Å²) in [5, 5.41) is 0. The smallest absolute Gasteiger partial charge is 0.243 e. The minimum atomic E-state index is -3.62. The molecule has 6 nitrogen and oxygen atoms in total. The van der Waals surface area contributed by atoms with Gasteiger partial charge in [-0.2, -0.15) is 0 Å². The Bertz CT molecular complexity index is 694. The lowest BCUT2D eigenvalue weighted by molar-refractivity contribution is 0.452. The van der Waals surface area contributed by atoms with Gasteiger partial charge in [-0.05, 0) is 22.0 Å². The zero-order chi connectivity index (χ0) is 14.8. The third-order valence-corrected chi connectivity index (χ3v) is 6.24. The predicted molar refractivity (Wildman–Crippen MR) is 79.8 cm³/mol. The molecule has 0 saturated carbocycles. The standard InChI is InChI=1S/C11H14BrN3O3S2/c1-2-7-5-14-10(18-7)6-15-20(16,17)9-3-8(4-13)19-11(9)12/h3,5,15H,2,4,6,13H2,1H3. The molecule has 2 heterocycles. The number of hydrogen-bond acceptors (Lipinski definition) is 6. The van der Waals surface area contributed by atoms with Crippen molar-refractivity contribution in [3.8, 4) is 0 Å². The van der Waals surface area contributed by atoms with Crippen molar-refractivity contribution in [3.63, 3.8) is 0 Å². The van der Waals surface area contributed by atoms with Gasteiger partial charge in [-0.3, -0.25) is 0 Å². The number of rotatable bonds is 6. The van der Waals surface area contributed by atoms with E-state index in [1.807, 2.05) is 6.92 Å². The van der Waals surface area contributed by atoms with Gasteiger partial charge in [-0.15, -0.1) is 11.3 Å². The molecular formula is C11H14BrN3O3S2. The van der Waals surface area contributed by atoms with Gasteiger partial charge in [0.1, 0.15) is 10.7 Å². The number of hydrogen-bond donors (Lipinski definition) is 2. The maximum atomic E-state index is 12.2. The van der Waals surface area contributed by atoms with Crippen LogP contribution in [-0.4, -0.2) is 13.4 Å². The number of nitrogens with one attached hydrogen (secondary N) is 1. The summed E-state index contributed by atoms with van der Waals surface area (Å²) >= 11 is 4.54. The summed E-state index contributed by atoms with van der Waals surface area (Å²) in [6, 6.07) is 1.56. The molecule has 2 rings (SSSR count). The van der Waals surface area contributed by atoms with Gasteiger partial charge in [0.25, 0.3) is 0 Å². The average Bonchev–Trinajstić information content (AvgIpc) is 3.02. The van der Waals surface area contributed by atoms with Crippen molar-refractivity contribution >= 4 is 37.3 Å². The molecule has 0 aromatic carbocycles. The fraction of sp³-hybridized carbons (Fsp3) is 0.364. The van der Waals surface area contributed by atoms with E-state index in [1.54, 1.807) is 12.3 Å². The molecule has 0 unspecified atom stereocenters. The molecule has 0 aliphatic rings. The van der Waals surface area contributed by atoms with E-state index in [4.69, 9.17) is 10.2 Å². The predicted octanol–water partition coefficient (Wildman–Crippen LogP) is 2.00. The highest BCUT2D eigenvalue weighted by Gasteiger charge is 2.21. The highest BCUT2D eigenvalue weighted by molar-refractivity contribution is 9.11. The quantitative estimate of drug-likeness (QED) is 0.799. The molecule has 0 bridgehead atoms. The lowest BCUT2D eigenvalue weighted by Crippen LogP contribution is -2.23. The Hall–Kier alpha value is -0.740. The average molecular weight is 380 g/mol. The Morgan fingerprint density at radius 3 is 2.85 bits per heavy atom. The molecule has 0 saturated heterocycles. The molecule has 0 atom stereocenters. The molecule has 0 radical (unpaired) electrons. The number of nitrogens with zero attached hydrogens (tertiary/aromatic N) is 1. The first-order valence-electron chi connectivity index (χ1n) is 5.87. The Morgan fingerprint density at radius 1 is 1.55 bits per heavy atom. The van der Waals surface area contributed by atoms with Crippen LogP contribution in [0.3, 0.4) is 0 Å². The Balaban J connectivity index is 2.12. The zero-order valence-electron chi connectivity index (χ0n) is 10.7. The summed E-state index contributed by atoms with van der Waals surface area (Å²) in [7, 11) is -3.62. The SMILES string of the molecule is CCc1cnc(CNS(=O)(=O)c2cc(CN)sc2Br)o1. The van der Waals surface area contributed by atoms with Crippen LogP contribution < -0.4 is 10.5 Å². The van der Waals surface area contributed by atoms with E-state index in [0.717, 1.165) is 17.1 Å². The summed E-state index contributed by atoms with van der Waals surface area (Å²) in [5.41, 5.74) is 5.51. The second-order valence-electron chi connectivity index (χ2n) is 3.95. The van der Waals surface area contributed by atoms with Crippen LogP contribution in [0.4, 0.5) is 0 Å². The molecule has 9 heteroatoms.